The molecule has 1 rings (SSSR count). The van der Waals surface area contributed by atoms with E-state index < -0.39 is 0 Å². The lowest BCUT2D eigenvalue weighted by atomic mass is 10.0. The lowest BCUT2D eigenvalue weighted by Crippen LogP contribution is -1.92. The summed E-state index contributed by atoms with van der Waals surface area (Å²) >= 11 is 11.4. The highest BCUT2D eigenvalue weighted by atomic mass is 35.5. The van der Waals surface area contributed by atoms with E-state index >= 15 is 0 Å². The third kappa shape index (κ3) is 1.67. The molecule has 0 aliphatic carbocycles. The molecule has 0 aliphatic rings. The molecule has 1 aromatic carbocycles. The molecule has 3 heteroatoms. The van der Waals surface area contributed by atoms with Crippen LogP contribution in [0.15, 0.2) is 12.1 Å². The first-order chi connectivity index (χ1) is 5.70. The van der Waals surface area contributed by atoms with Crippen LogP contribution in [0.25, 0.3) is 0 Å². The summed E-state index contributed by atoms with van der Waals surface area (Å²) in [5.74, 6) is 1.10. The van der Waals surface area contributed by atoms with Gasteiger partial charge in [0.25, 0.3) is 0 Å². The van der Waals surface area contributed by atoms with Crippen LogP contribution in [-0.2, 0) is 11.8 Å². The maximum atomic E-state index is 9.35. The number of hydrogen-bond donors (Lipinski definition) is 1. The quantitative estimate of drug-likeness (QED) is 0.735. The monoisotopic (exact) mass is 204 g/mol. The van der Waals surface area contributed by atoms with E-state index in [1.165, 1.54) is 0 Å². The summed E-state index contributed by atoms with van der Waals surface area (Å²) in [5.41, 5.74) is 2.75. The van der Waals surface area contributed by atoms with E-state index in [-0.39, 0.29) is 5.75 Å². The number of alkyl halides is 2. The van der Waals surface area contributed by atoms with Crippen LogP contribution < -0.4 is 0 Å². The van der Waals surface area contributed by atoms with Crippen LogP contribution in [0.2, 0.25) is 0 Å². The summed E-state index contributed by atoms with van der Waals surface area (Å²) in [6, 6.07) is 3.44. The van der Waals surface area contributed by atoms with Gasteiger partial charge in [0.1, 0.15) is 5.75 Å². The number of benzene rings is 1. The summed E-state index contributed by atoms with van der Waals surface area (Å²) < 4.78 is 0. The van der Waals surface area contributed by atoms with Crippen LogP contribution in [0, 0.1) is 6.92 Å². The first-order valence-corrected chi connectivity index (χ1v) is 4.69. The van der Waals surface area contributed by atoms with Crippen LogP contribution in [0.4, 0.5) is 0 Å². The van der Waals surface area contributed by atoms with Crippen molar-refractivity contribution < 1.29 is 5.11 Å². The van der Waals surface area contributed by atoms with Gasteiger partial charge >= 0.3 is 0 Å². The molecule has 0 fully saturated rings. The Balaban J connectivity index is 3.25. The Bertz CT molecular complexity index is 284. The van der Waals surface area contributed by atoms with E-state index in [0.29, 0.717) is 11.8 Å². The lowest BCUT2D eigenvalue weighted by molar-refractivity contribution is 0.470. The molecule has 0 aromatic heterocycles. The van der Waals surface area contributed by atoms with Crippen LogP contribution >= 0.6 is 23.2 Å². The second-order valence-electron chi connectivity index (χ2n) is 2.61. The van der Waals surface area contributed by atoms with Gasteiger partial charge in [-0.3, -0.25) is 0 Å². The molecule has 12 heavy (non-hydrogen) atoms. The standard InChI is InChI=1S/C9H10Cl2O/c1-6-8(5-11)7(4-10)2-3-9(6)12/h2-3,12H,4-5H2,1H3. The Hall–Kier alpha value is -0.400. The predicted molar refractivity (Wildman–Crippen MR) is 52.0 cm³/mol. The Morgan fingerprint density at radius 1 is 1.25 bits per heavy atom. The van der Waals surface area contributed by atoms with E-state index in [1.807, 2.05) is 6.92 Å². The van der Waals surface area contributed by atoms with Gasteiger partial charge in [-0.25, -0.2) is 0 Å². The van der Waals surface area contributed by atoms with Crippen molar-refractivity contribution in [1.82, 2.24) is 0 Å². The van der Waals surface area contributed by atoms with Crippen LogP contribution in [0.5, 0.6) is 5.75 Å². The van der Waals surface area contributed by atoms with Crippen molar-refractivity contribution >= 4 is 23.2 Å². The number of phenolic OH excluding ortho intramolecular Hbond substituents is 1. The molecule has 1 N–H and O–H groups in total. The van der Waals surface area contributed by atoms with Gasteiger partial charge in [-0.1, -0.05) is 6.07 Å². The fourth-order valence-corrected chi connectivity index (χ4v) is 1.73. The largest absolute Gasteiger partial charge is 0.508 e. The van der Waals surface area contributed by atoms with Crippen molar-refractivity contribution in [2.24, 2.45) is 0 Å². The van der Waals surface area contributed by atoms with Crippen molar-refractivity contribution in [2.45, 2.75) is 18.7 Å². The molecule has 0 spiro atoms. The van der Waals surface area contributed by atoms with Crippen molar-refractivity contribution in [3.8, 4) is 5.75 Å². The highest BCUT2D eigenvalue weighted by Crippen LogP contribution is 2.25. The topological polar surface area (TPSA) is 20.2 Å². The number of halogens is 2. The first-order valence-electron chi connectivity index (χ1n) is 3.63. The molecule has 0 amide bonds. The lowest BCUT2D eigenvalue weighted by Gasteiger charge is -2.08. The Morgan fingerprint density at radius 3 is 2.42 bits per heavy atom. The zero-order chi connectivity index (χ0) is 9.14. The van der Waals surface area contributed by atoms with Gasteiger partial charge in [0.05, 0.1) is 0 Å². The van der Waals surface area contributed by atoms with E-state index in [2.05, 4.69) is 0 Å². The second-order valence-corrected chi connectivity index (χ2v) is 3.15. The zero-order valence-electron chi connectivity index (χ0n) is 6.77. The minimum absolute atomic E-state index is 0.277. The van der Waals surface area contributed by atoms with Gasteiger partial charge in [0.2, 0.25) is 0 Å². The summed E-state index contributed by atoms with van der Waals surface area (Å²) in [7, 11) is 0. The van der Waals surface area contributed by atoms with Crippen molar-refractivity contribution in [3.63, 3.8) is 0 Å². The van der Waals surface area contributed by atoms with Crippen LogP contribution in [0.3, 0.4) is 0 Å². The van der Waals surface area contributed by atoms with E-state index in [1.54, 1.807) is 12.1 Å². The molecule has 66 valence electrons. The molecule has 0 bridgehead atoms. The highest BCUT2D eigenvalue weighted by Gasteiger charge is 2.06. The maximum Gasteiger partial charge on any atom is 0.118 e. The molecule has 0 saturated heterocycles. The van der Waals surface area contributed by atoms with Gasteiger partial charge in [0.15, 0.2) is 0 Å². The molecule has 1 nitrogen and oxygen atoms in total. The summed E-state index contributed by atoms with van der Waals surface area (Å²) in [6.07, 6.45) is 0. The van der Waals surface area contributed by atoms with E-state index in [0.717, 1.165) is 16.7 Å². The highest BCUT2D eigenvalue weighted by molar-refractivity contribution is 6.18. The van der Waals surface area contributed by atoms with Crippen LogP contribution in [0.1, 0.15) is 16.7 Å². The Labute approximate surface area is 81.9 Å². The number of hydrogen-bond acceptors (Lipinski definition) is 1. The molecule has 0 heterocycles. The zero-order valence-corrected chi connectivity index (χ0v) is 8.28. The average molecular weight is 205 g/mol. The van der Waals surface area contributed by atoms with Crippen molar-refractivity contribution in [1.29, 1.82) is 0 Å². The predicted octanol–water partition coefficient (Wildman–Crippen LogP) is 3.18. The molecular formula is C9H10Cl2O. The number of rotatable bonds is 2. The van der Waals surface area contributed by atoms with Gasteiger partial charge in [0, 0.05) is 11.8 Å². The number of aromatic hydroxyl groups is 1. The smallest absolute Gasteiger partial charge is 0.118 e. The van der Waals surface area contributed by atoms with Crippen molar-refractivity contribution in [2.75, 3.05) is 0 Å². The summed E-state index contributed by atoms with van der Waals surface area (Å²) in [5, 5.41) is 9.35. The summed E-state index contributed by atoms with van der Waals surface area (Å²) in [6.45, 7) is 1.84. The van der Waals surface area contributed by atoms with Gasteiger partial charge < -0.3 is 5.11 Å². The number of phenols is 1. The molecule has 0 radical (unpaired) electrons. The third-order valence-electron chi connectivity index (χ3n) is 1.94. The van der Waals surface area contributed by atoms with Crippen LogP contribution in [-0.4, -0.2) is 5.11 Å². The third-order valence-corrected chi connectivity index (χ3v) is 2.50. The van der Waals surface area contributed by atoms with Gasteiger partial charge in [-0.05, 0) is 29.7 Å². The molecule has 1 aromatic rings. The van der Waals surface area contributed by atoms with Gasteiger partial charge in [-0.2, -0.15) is 0 Å². The Kier molecular flexibility index (Phi) is 3.24. The first kappa shape index (κ1) is 9.69. The molecular weight excluding hydrogens is 195 g/mol. The minimum Gasteiger partial charge on any atom is -0.508 e. The maximum absolute atomic E-state index is 9.35. The van der Waals surface area contributed by atoms with E-state index in [4.69, 9.17) is 23.2 Å². The van der Waals surface area contributed by atoms with Crippen molar-refractivity contribution in [3.05, 3.63) is 28.8 Å². The summed E-state index contributed by atoms with van der Waals surface area (Å²) in [4.78, 5) is 0. The van der Waals surface area contributed by atoms with E-state index in [9.17, 15) is 5.11 Å². The fraction of sp³-hybridized carbons (Fsp3) is 0.333. The Morgan fingerprint density at radius 2 is 1.92 bits per heavy atom. The minimum atomic E-state index is 0.277. The second kappa shape index (κ2) is 4.01. The molecule has 0 atom stereocenters. The SMILES string of the molecule is Cc1c(O)ccc(CCl)c1CCl. The molecule has 0 unspecified atom stereocenters. The average Bonchev–Trinajstić information content (AvgIpc) is 2.09. The van der Waals surface area contributed by atoms with Gasteiger partial charge in [-0.15, -0.1) is 23.2 Å². The molecule has 0 saturated carbocycles. The molecule has 0 aliphatic heterocycles. The fourth-order valence-electron chi connectivity index (χ4n) is 1.11. The normalized spacial score (nSPS) is 10.2.